The van der Waals surface area contributed by atoms with Crippen LogP contribution in [0, 0.1) is 0 Å². The first-order chi connectivity index (χ1) is 7.64. The van der Waals surface area contributed by atoms with Gasteiger partial charge >= 0.3 is 8.56 Å². The normalized spacial score (nSPS) is 14.1. The van der Waals surface area contributed by atoms with Crippen molar-refractivity contribution in [2.75, 3.05) is 26.4 Å². The van der Waals surface area contributed by atoms with Crippen molar-refractivity contribution in [3.8, 4) is 0 Å². The summed E-state index contributed by atoms with van der Waals surface area (Å²) in [6, 6.07) is 0. The molecular formula is C11H27NO3Si. The molecule has 0 rings (SSSR count). The van der Waals surface area contributed by atoms with Gasteiger partial charge in [-0.25, -0.2) is 0 Å². The summed E-state index contributed by atoms with van der Waals surface area (Å²) in [6.45, 7) is 10.9. The average molecular weight is 249 g/mol. The molecule has 0 aromatic rings. The maximum Gasteiger partial charge on any atom is 0.364 e. The number of hydrogen-bond acceptors (Lipinski definition) is 4. The highest BCUT2D eigenvalue weighted by Crippen LogP contribution is 2.18. The first kappa shape index (κ1) is 16.1. The van der Waals surface area contributed by atoms with E-state index in [2.05, 4.69) is 13.5 Å². The van der Waals surface area contributed by atoms with Gasteiger partial charge in [0, 0.05) is 19.8 Å². The number of nitrogens with two attached hydrogens (primary N) is 1. The molecule has 4 nitrogen and oxygen atoms in total. The van der Waals surface area contributed by atoms with Crippen molar-refractivity contribution in [1.29, 1.82) is 0 Å². The fraction of sp³-hybridized carbons (Fsp3) is 1.00. The molecule has 0 bridgehead atoms. The molecule has 0 heterocycles. The fourth-order valence-electron chi connectivity index (χ4n) is 1.75. The summed E-state index contributed by atoms with van der Waals surface area (Å²) in [5, 5.41) is 0. The van der Waals surface area contributed by atoms with Gasteiger partial charge in [-0.3, -0.25) is 0 Å². The quantitative estimate of drug-likeness (QED) is 0.474. The lowest BCUT2D eigenvalue weighted by Gasteiger charge is -2.33. The van der Waals surface area contributed by atoms with Crippen LogP contribution in [0.5, 0.6) is 0 Å². The zero-order chi connectivity index (χ0) is 12.4. The highest BCUT2D eigenvalue weighted by molar-refractivity contribution is 6.67. The summed E-state index contributed by atoms with van der Waals surface area (Å²) in [7, 11) is -2.19. The predicted octanol–water partition coefficient (Wildman–Crippen LogP) is 1.81. The van der Waals surface area contributed by atoms with Crippen LogP contribution in [-0.4, -0.2) is 40.7 Å². The lowest BCUT2D eigenvalue weighted by Crippen LogP contribution is -2.52. The zero-order valence-electron chi connectivity index (χ0n) is 11.1. The van der Waals surface area contributed by atoms with Gasteiger partial charge in [0.05, 0.1) is 0 Å². The van der Waals surface area contributed by atoms with Crippen LogP contribution >= 0.6 is 0 Å². The van der Waals surface area contributed by atoms with Gasteiger partial charge in [0.15, 0.2) is 0 Å². The third-order valence-electron chi connectivity index (χ3n) is 2.49. The van der Waals surface area contributed by atoms with Crippen molar-refractivity contribution >= 4 is 8.56 Å². The molecular weight excluding hydrogens is 222 g/mol. The van der Waals surface area contributed by atoms with Crippen molar-refractivity contribution in [2.24, 2.45) is 5.73 Å². The van der Waals surface area contributed by atoms with Crippen LogP contribution in [0.2, 0.25) is 6.55 Å². The monoisotopic (exact) mass is 249 g/mol. The minimum absolute atomic E-state index is 0.0962. The van der Waals surface area contributed by atoms with Crippen LogP contribution in [0.1, 0.15) is 33.6 Å². The minimum atomic E-state index is -2.19. The van der Waals surface area contributed by atoms with Gasteiger partial charge in [-0.1, -0.05) is 6.92 Å². The summed E-state index contributed by atoms with van der Waals surface area (Å²) < 4.78 is 17.5. The second-order valence-electron chi connectivity index (χ2n) is 3.79. The zero-order valence-corrected chi connectivity index (χ0v) is 12.1. The minimum Gasteiger partial charge on any atom is -0.393 e. The van der Waals surface area contributed by atoms with E-state index in [1.165, 1.54) is 0 Å². The highest BCUT2D eigenvalue weighted by atomic mass is 28.4. The largest absolute Gasteiger partial charge is 0.393 e. The van der Waals surface area contributed by atoms with Gasteiger partial charge in [-0.15, -0.1) is 0 Å². The molecule has 1 unspecified atom stereocenters. The Bertz CT molecular complexity index is 163. The smallest absolute Gasteiger partial charge is 0.364 e. The molecule has 0 aromatic heterocycles. The fourth-order valence-corrected chi connectivity index (χ4v) is 4.51. The maximum absolute atomic E-state index is 5.83. The van der Waals surface area contributed by atoms with E-state index in [0.717, 1.165) is 12.8 Å². The van der Waals surface area contributed by atoms with Crippen LogP contribution in [0.3, 0.4) is 0 Å². The van der Waals surface area contributed by atoms with E-state index in [4.69, 9.17) is 19.3 Å². The molecule has 5 heteroatoms. The molecule has 0 saturated heterocycles. The molecule has 0 radical (unpaired) electrons. The molecule has 0 saturated carbocycles. The summed E-state index contributed by atoms with van der Waals surface area (Å²) in [4.78, 5) is 0. The van der Waals surface area contributed by atoms with E-state index in [1.807, 2.05) is 13.8 Å². The van der Waals surface area contributed by atoms with Crippen LogP contribution in [0.25, 0.3) is 0 Å². The second-order valence-corrected chi connectivity index (χ2v) is 7.05. The van der Waals surface area contributed by atoms with Crippen LogP contribution in [-0.2, 0) is 13.6 Å². The molecule has 2 N–H and O–H groups in total. The van der Waals surface area contributed by atoms with Crippen molar-refractivity contribution in [3.63, 3.8) is 0 Å². The molecule has 1 atom stereocenters. The molecule has 0 spiro atoms. The summed E-state index contributed by atoms with van der Waals surface area (Å²) in [5.74, 6) is 0. The molecule has 0 fully saturated rings. The maximum atomic E-state index is 5.83. The number of hydrogen-bond donors (Lipinski definition) is 1. The van der Waals surface area contributed by atoms with Gasteiger partial charge in [-0.05, 0) is 39.8 Å². The van der Waals surface area contributed by atoms with E-state index >= 15 is 0 Å². The van der Waals surface area contributed by atoms with Gasteiger partial charge in [0.2, 0.25) is 0 Å². The third kappa shape index (κ3) is 5.40. The summed E-state index contributed by atoms with van der Waals surface area (Å²) in [6.07, 6.45) is 1.81. The van der Waals surface area contributed by atoms with Crippen molar-refractivity contribution in [3.05, 3.63) is 0 Å². The average Bonchev–Trinajstić information content (AvgIpc) is 2.25. The van der Waals surface area contributed by atoms with Gasteiger partial charge in [0.1, 0.15) is 5.73 Å². The molecule has 0 aliphatic rings. The molecule has 16 heavy (non-hydrogen) atoms. The lowest BCUT2D eigenvalue weighted by molar-refractivity contribution is 0.0464. The Balaban J connectivity index is 4.32. The predicted molar refractivity (Wildman–Crippen MR) is 68.6 cm³/mol. The summed E-state index contributed by atoms with van der Waals surface area (Å²) >= 11 is 0. The number of ether oxygens (including phenoxy) is 1. The van der Waals surface area contributed by atoms with E-state index in [1.54, 1.807) is 0 Å². The summed E-state index contributed by atoms with van der Waals surface area (Å²) in [5.41, 5.74) is 5.55. The Morgan fingerprint density at radius 3 is 2.06 bits per heavy atom. The van der Waals surface area contributed by atoms with Crippen LogP contribution < -0.4 is 5.73 Å². The van der Waals surface area contributed by atoms with Crippen molar-refractivity contribution in [2.45, 2.75) is 45.9 Å². The molecule has 0 amide bonds. The van der Waals surface area contributed by atoms with E-state index in [0.29, 0.717) is 26.4 Å². The van der Waals surface area contributed by atoms with E-state index < -0.39 is 8.56 Å². The third-order valence-corrected chi connectivity index (χ3v) is 5.95. The first-order valence-electron chi connectivity index (χ1n) is 6.24. The topological polar surface area (TPSA) is 53.7 Å². The van der Waals surface area contributed by atoms with Gasteiger partial charge in [0.25, 0.3) is 0 Å². The van der Waals surface area contributed by atoms with Gasteiger partial charge in [-0.2, -0.15) is 0 Å². The Kier molecular flexibility index (Phi) is 9.16. The number of rotatable bonds is 10. The molecule has 0 aromatic carbocycles. The van der Waals surface area contributed by atoms with Crippen LogP contribution in [0.4, 0.5) is 0 Å². The first-order valence-corrected chi connectivity index (χ1v) is 8.63. The Morgan fingerprint density at radius 2 is 1.69 bits per heavy atom. The van der Waals surface area contributed by atoms with Crippen molar-refractivity contribution < 1.29 is 13.6 Å². The standard InChI is InChI=1S/C11H27NO3Si/c1-5-11(13-10-8-9-12)16(4,14-6-2)15-7-3/h11H,5-10,12H2,1-4H3. The lowest BCUT2D eigenvalue weighted by atomic mass is 10.4. The Hall–Kier alpha value is 0.0569. The molecule has 98 valence electrons. The molecule has 0 aliphatic heterocycles. The Morgan fingerprint density at radius 1 is 1.12 bits per heavy atom. The van der Waals surface area contributed by atoms with E-state index in [-0.39, 0.29) is 5.73 Å². The van der Waals surface area contributed by atoms with E-state index in [9.17, 15) is 0 Å². The Labute approximate surface area is 101 Å². The highest BCUT2D eigenvalue weighted by Gasteiger charge is 2.40. The van der Waals surface area contributed by atoms with Crippen LogP contribution in [0.15, 0.2) is 0 Å². The second kappa shape index (κ2) is 9.12. The van der Waals surface area contributed by atoms with Gasteiger partial charge < -0.3 is 19.3 Å². The van der Waals surface area contributed by atoms with Crippen molar-refractivity contribution in [1.82, 2.24) is 0 Å². The molecule has 0 aliphatic carbocycles. The SMILES string of the molecule is CCO[Si](C)(OCC)C(CC)OCCCN.